The molecule has 0 bridgehead atoms. The zero-order chi connectivity index (χ0) is 14.7. The van der Waals surface area contributed by atoms with Crippen LogP contribution in [0.5, 0.6) is 0 Å². The summed E-state index contributed by atoms with van der Waals surface area (Å²) in [5.74, 6) is 0. The van der Waals surface area contributed by atoms with E-state index < -0.39 is 45.7 Å². The lowest BCUT2D eigenvalue weighted by Gasteiger charge is -2.33. The minimum atomic E-state index is -4.65. The molecule has 0 spiro atoms. The zero-order valence-corrected chi connectivity index (χ0v) is 11.5. The lowest BCUT2D eigenvalue weighted by Crippen LogP contribution is -2.46. The van der Waals surface area contributed by atoms with Crippen LogP contribution in [0, 0.1) is 0 Å². The maximum Gasteiger partial charge on any atom is 0.397 e. The van der Waals surface area contributed by atoms with Crippen LogP contribution in [-0.2, 0) is 38.6 Å². The third kappa shape index (κ3) is 6.58. The Balaban J connectivity index is 2.55. The Bertz CT molecular complexity index is 482. The van der Waals surface area contributed by atoms with Gasteiger partial charge in [-0.05, 0) is 0 Å². The van der Waals surface area contributed by atoms with Crippen molar-refractivity contribution >= 4 is 20.8 Å². The first-order valence-electron chi connectivity index (χ1n) is 5.02. The van der Waals surface area contributed by atoms with Crippen LogP contribution in [0.3, 0.4) is 0 Å². The van der Waals surface area contributed by atoms with Crippen LogP contribution >= 0.6 is 0 Å². The molecule has 1 saturated heterocycles. The fourth-order valence-electron chi connectivity index (χ4n) is 1.59. The fraction of sp³-hybridized carbons (Fsp3) is 1.00. The van der Waals surface area contributed by atoms with Gasteiger partial charge >= 0.3 is 20.8 Å². The average molecular weight is 322 g/mol. The van der Waals surface area contributed by atoms with Gasteiger partial charge in [0, 0.05) is 13.5 Å². The van der Waals surface area contributed by atoms with Crippen molar-refractivity contribution in [3.63, 3.8) is 0 Å². The molecule has 1 rings (SSSR count). The summed E-state index contributed by atoms with van der Waals surface area (Å²) in [7, 11) is -7.94. The van der Waals surface area contributed by atoms with Crippen LogP contribution in [-0.4, -0.2) is 64.6 Å². The summed E-state index contributed by atoms with van der Waals surface area (Å²) in [6, 6.07) is 0. The molecular weight excluding hydrogens is 308 g/mol. The van der Waals surface area contributed by atoms with Crippen molar-refractivity contribution in [3.05, 3.63) is 0 Å². The van der Waals surface area contributed by atoms with E-state index in [0.717, 1.165) is 0 Å². The van der Waals surface area contributed by atoms with E-state index in [9.17, 15) is 16.8 Å². The van der Waals surface area contributed by atoms with E-state index >= 15 is 0 Å². The van der Waals surface area contributed by atoms with Gasteiger partial charge in [-0.2, -0.15) is 16.8 Å². The summed E-state index contributed by atoms with van der Waals surface area (Å²) in [5.41, 5.74) is 0. The molecule has 0 aromatic carbocycles. The van der Waals surface area contributed by atoms with Gasteiger partial charge in [-0.1, -0.05) is 0 Å². The van der Waals surface area contributed by atoms with Crippen LogP contribution in [0.4, 0.5) is 0 Å². The van der Waals surface area contributed by atoms with E-state index in [4.69, 9.17) is 18.6 Å². The predicted octanol–water partition coefficient (Wildman–Crippen LogP) is -1.20. The highest BCUT2D eigenvalue weighted by Crippen LogP contribution is 2.21. The Morgan fingerprint density at radius 1 is 1.16 bits per heavy atom. The van der Waals surface area contributed by atoms with E-state index in [1.54, 1.807) is 0 Å². The Kier molecular flexibility index (Phi) is 5.64. The molecule has 10 nitrogen and oxygen atoms in total. The lowest BCUT2D eigenvalue weighted by molar-refractivity contribution is -0.131. The molecule has 1 aliphatic heterocycles. The highest BCUT2D eigenvalue weighted by molar-refractivity contribution is 7.81. The quantitative estimate of drug-likeness (QED) is 0.571. The summed E-state index contributed by atoms with van der Waals surface area (Å²) in [6.45, 7) is -0.699. The molecule has 114 valence electrons. The molecule has 0 aliphatic carbocycles. The molecular formula is C7H14O10S2. The SMILES string of the molecule is CO[C@@H]1CC(COS(=O)(=O)O)OCC1OS(=O)(=O)O. The summed E-state index contributed by atoms with van der Waals surface area (Å²) in [4.78, 5) is 0. The minimum absolute atomic E-state index is 0.0617. The maximum atomic E-state index is 10.6. The van der Waals surface area contributed by atoms with Gasteiger partial charge in [-0.25, -0.2) is 8.37 Å². The normalized spacial score (nSPS) is 29.3. The third-order valence-corrected chi connectivity index (χ3v) is 3.28. The van der Waals surface area contributed by atoms with Crippen molar-refractivity contribution in [2.45, 2.75) is 24.7 Å². The first kappa shape index (κ1) is 16.7. The second kappa shape index (κ2) is 6.41. The van der Waals surface area contributed by atoms with E-state index in [1.165, 1.54) is 7.11 Å². The first-order valence-corrected chi connectivity index (χ1v) is 7.75. The first-order chi connectivity index (χ1) is 8.61. The highest BCUT2D eigenvalue weighted by Gasteiger charge is 2.35. The lowest BCUT2D eigenvalue weighted by atomic mass is 10.0. The largest absolute Gasteiger partial charge is 0.397 e. The van der Waals surface area contributed by atoms with Crippen molar-refractivity contribution < 1.29 is 43.8 Å². The van der Waals surface area contributed by atoms with Gasteiger partial charge < -0.3 is 9.47 Å². The smallest absolute Gasteiger partial charge is 0.379 e. The second-order valence-corrected chi connectivity index (χ2v) is 5.88. The van der Waals surface area contributed by atoms with Gasteiger partial charge in [0.2, 0.25) is 0 Å². The molecule has 2 N–H and O–H groups in total. The topological polar surface area (TPSA) is 146 Å². The van der Waals surface area contributed by atoms with Gasteiger partial charge in [-0.3, -0.25) is 9.11 Å². The van der Waals surface area contributed by atoms with Crippen LogP contribution < -0.4 is 0 Å². The Hall–Kier alpha value is -0.340. The van der Waals surface area contributed by atoms with Gasteiger partial charge in [-0.15, -0.1) is 0 Å². The summed E-state index contributed by atoms with van der Waals surface area (Å²) in [5, 5.41) is 0. The Labute approximate surface area is 110 Å². The number of rotatable bonds is 6. The van der Waals surface area contributed by atoms with Crippen molar-refractivity contribution in [3.8, 4) is 0 Å². The summed E-state index contributed by atoms with van der Waals surface area (Å²) < 4.78 is 77.4. The number of hydrogen-bond donors (Lipinski definition) is 2. The maximum absolute atomic E-state index is 10.6. The summed E-state index contributed by atoms with van der Waals surface area (Å²) >= 11 is 0. The van der Waals surface area contributed by atoms with Gasteiger partial charge in [0.25, 0.3) is 0 Å². The van der Waals surface area contributed by atoms with Crippen LogP contribution in [0.25, 0.3) is 0 Å². The number of ether oxygens (including phenoxy) is 2. The Morgan fingerprint density at radius 2 is 1.79 bits per heavy atom. The molecule has 3 atom stereocenters. The van der Waals surface area contributed by atoms with Gasteiger partial charge in [0.15, 0.2) is 0 Å². The highest BCUT2D eigenvalue weighted by atomic mass is 32.3. The van der Waals surface area contributed by atoms with Crippen LogP contribution in [0.2, 0.25) is 0 Å². The van der Waals surface area contributed by atoms with Crippen LogP contribution in [0.1, 0.15) is 6.42 Å². The summed E-state index contributed by atoms with van der Waals surface area (Å²) in [6.07, 6.45) is -2.47. The van der Waals surface area contributed by atoms with Crippen molar-refractivity contribution in [1.82, 2.24) is 0 Å². The van der Waals surface area contributed by atoms with Crippen LogP contribution in [0.15, 0.2) is 0 Å². The molecule has 0 aromatic heterocycles. The third-order valence-electron chi connectivity index (χ3n) is 2.36. The van der Waals surface area contributed by atoms with E-state index in [2.05, 4.69) is 8.37 Å². The molecule has 19 heavy (non-hydrogen) atoms. The van der Waals surface area contributed by atoms with E-state index in [-0.39, 0.29) is 13.0 Å². The van der Waals surface area contributed by atoms with E-state index in [1.807, 2.05) is 0 Å². The average Bonchev–Trinajstić information content (AvgIpc) is 2.24. The molecule has 1 aliphatic rings. The molecule has 2 unspecified atom stereocenters. The number of hydrogen-bond acceptors (Lipinski definition) is 8. The van der Waals surface area contributed by atoms with E-state index in [0.29, 0.717) is 0 Å². The van der Waals surface area contributed by atoms with Crippen molar-refractivity contribution in [1.29, 1.82) is 0 Å². The molecule has 12 heteroatoms. The second-order valence-electron chi connectivity index (χ2n) is 3.74. The van der Waals surface area contributed by atoms with Gasteiger partial charge in [0.1, 0.15) is 6.10 Å². The minimum Gasteiger partial charge on any atom is -0.379 e. The Morgan fingerprint density at radius 3 is 2.26 bits per heavy atom. The molecule has 0 aromatic rings. The monoisotopic (exact) mass is 322 g/mol. The predicted molar refractivity (Wildman–Crippen MR) is 59.1 cm³/mol. The van der Waals surface area contributed by atoms with Crippen molar-refractivity contribution in [2.24, 2.45) is 0 Å². The standard InChI is InChI=1S/C7H14O10S2/c1-14-6-2-5(3-16-18(8,9)10)15-4-7(6)17-19(11,12)13/h5-7H,2-4H2,1H3,(H,8,9,10)(H,11,12,13)/t5?,6-,7?/m1/s1. The molecule has 0 amide bonds. The molecule has 1 heterocycles. The zero-order valence-electron chi connectivity index (χ0n) is 9.83. The van der Waals surface area contributed by atoms with Gasteiger partial charge in [0.05, 0.1) is 25.4 Å². The van der Waals surface area contributed by atoms with Crippen molar-refractivity contribution in [2.75, 3.05) is 20.3 Å². The number of methoxy groups -OCH3 is 1. The molecule has 0 saturated carbocycles. The fourth-order valence-corrected chi connectivity index (χ4v) is 2.40. The molecule has 1 fully saturated rings. The molecule has 0 radical (unpaired) electrons.